The molecule has 0 aliphatic carbocycles. The summed E-state index contributed by atoms with van der Waals surface area (Å²) >= 11 is 0. The van der Waals surface area contributed by atoms with Crippen LogP contribution < -0.4 is 5.32 Å². The van der Waals surface area contributed by atoms with E-state index in [9.17, 15) is 5.11 Å². The van der Waals surface area contributed by atoms with Gasteiger partial charge in [0, 0.05) is 0 Å². The van der Waals surface area contributed by atoms with Crippen molar-refractivity contribution in [2.75, 3.05) is 13.1 Å². The van der Waals surface area contributed by atoms with Crippen molar-refractivity contribution in [2.45, 2.75) is 213 Å². The van der Waals surface area contributed by atoms with Crippen LogP contribution in [0.2, 0.25) is 0 Å². The predicted molar refractivity (Wildman–Crippen MR) is 169 cm³/mol. The Bertz CT molecular complexity index is 385. The summed E-state index contributed by atoms with van der Waals surface area (Å²) in [5.74, 6) is 0. The Morgan fingerprint density at radius 2 is 0.595 bits per heavy atom. The summed E-state index contributed by atoms with van der Waals surface area (Å²) in [4.78, 5) is 0. The van der Waals surface area contributed by atoms with Gasteiger partial charge in [0.1, 0.15) is 0 Å². The van der Waals surface area contributed by atoms with Gasteiger partial charge in [-0.05, 0) is 38.8 Å². The number of nitrogens with one attached hydrogen (secondary N) is 1. The number of hydrogen-bond acceptors (Lipinski definition) is 2. The van der Waals surface area contributed by atoms with Gasteiger partial charge in [0.25, 0.3) is 0 Å². The van der Waals surface area contributed by atoms with E-state index < -0.39 is 0 Å². The van der Waals surface area contributed by atoms with Crippen molar-refractivity contribution in [1.82, 2.24) is 5.32 Å². The van der Waals surface area contributed by atoms with E-state index >= 15 is 0 Å². The molecule has 0 unspecified atom stereocenters. The van der Waals surface area contributed by atoms with Crippen LogP contribution in [0.15, 0.2) is 0 Å². The molecule has 1 atom stereocenters. The van der Waals surface area contributed by atoms with Crippen molar-refractivity contribution in [3.63, 3.8) is 0 Å². The van der Waals surface area contributed by atoms with Crippen LogP contribution in [-0.4, -0.2) is 24.3 Å². The highest BCUT2D eigenvalue weighted by molar-refractivity contribution is 4.58. The third-order valence-corrected chi connectivity index (χ3v) is 8.24. The molecule has 37 heavy (non-hydrogen) atoms. The highest BCUT2D eigenvalue weighted by Gasteiger charge is 2.03. The van der Waals surface area contributed by atoms with Gasteiger partial charge in [0.05, 0.1) is 6.10 Å². The smallest absolute Gasteiger partial charge is 0.0540 e. The summed E-state index contributed by atoms with van der Waals surface area (Å²) in [5.41, 5.74) is 0. The lowest BCUT2D eigenvalue weighted by molar-refractivity contribution is 0.147. The Balaban J connectivity index is 3.06. The highest BCUT2D eigenvalue weighted by Crippen LogP contribution is 2.15. The minimum absolute atomic E-state index is 0.0373. The molecule has 0 radical (unpaired) electrons. The third-order valence-electron chi connectivity index (χ3n) is 8.24. The van der Waals surface area contributed by atoms with Gasteiger partial charge in [-0.3, -0.25) is 0 Å². The van der Waals surface area contributed by atoms with Gasteiger partial charge in [-0.25, -0.2) is 0 Å². The first-order valence-electron chi connectivity index (χ1n) is 17.7. The number of rotatable bonds is 33. The van der Waals surface area contributed by atoms with Gasteiger partial charge in [0.2, 0.25) is 0 Å². The predicted octanol–water partition coefficient (Wildman–Crippen LogP) is 11.7. The second kappa shape index (κ2) is 33.9. The first kappa shape index (κ1) is 36.9. The molecule has 0 saturated carbocycles. The molecule has 0 aromatic heterocycles. The van der Waals surface area contributed by atoms with Gasteiger partial charge >= 0.3 is 0 Å². The maximum atomic E-state index is 10.0. The van der Waals surface area contributed by atoms with Crippen LogP contribution in [0.3, 0.4) is 0 Å². The molecule has 0 spiro atoms. The zero-order valence-electron chi connectivity index (χ0n) is 26.2. The normalized spacial score (nSPS) is 12.4. The Hall–Kier alpha value is -0.0800. The van der Waals surface area contributed by atoms with Crippen LogP contribution in [0.25, 0.3) is 0 Å². The molecule has 0 aromatic rings. The van der Waals surface area contributed by atoms with Crippen LogP contribution in [0.4, 0.5) is 0 Å². The molecule has 0 fully saturated rings. The molecule has 0 aromatic carbocycles. The first-order chi connectivity index (χ1) is 18.3. The monoisotopic (exact) mass is 524 g/mol. The minimum Gasteiger partial charge on any atom is -0.393 e. The van der Waals surface area contributed by atoms with Gasteiger partial charge in [-0.15, -0.1) is 0 Å². The second-order valence-corrected chi connectivity index (χ2v) is 12.2. The van der Waals surface area contributed by atoms with Crippen LogP contribution in [0, 0.1) is 0 Å². The molecule has 0 aliphatic rings. The van der Waals surface area contributed by atoms with E-state index in [1.54, 1.807) is 0 Å². The number of hydrogen-bond donors (Lipinski definition) is 2. The van der Waals surface area contributed by atoms with Crippen molar-refractivity contribution in [1.29, 1.82) is 0 Å². The Morgan fingerprint density at radius 3 is 0.919 bits per heavy atom. The van der Waals surface area contributed by atoms with E-state index in [-0.39, 0.29) is 6.10 Å². The van der Waals surface area contributed by atoms with Crippen LogP contribution >= 0.6 is 0 Å². The second-order valence-electron chi connectivity index (χ2n) is 12.2. The Labute approximate surface area is 235 Å². The summed E-state index contributed by atoms with van der Waals surface area (Å²) in [5, 5.41) is 13.7. The van der Waals surface area contributed by atoms with Crippen molar-refractivity contribution in [2.24, 2.45) is 0 Å². The average Bonchev–Trinajstić information content (AvgIpc) is 2.90. The fraction of sp³-hybridized carbons (Fsp3) is 1.00. The van der Waals surface area contributed by atoms with Crippen molar-refractivity contribution in [3.8, 4) is 0 Å². The lowest BCUT2D eigenvalue weighted by Crippen LogP contribution is -2.16. The van der Waals surface area contributed by atoms with Crippen molar-refractivity contribution < 1.29 is 5.11 Å². The van der Waals surface area contributed by atoms with E-state index in [0.29, 0.717) is 0 Å². The summed E-state index contributed by atoms with van der Waals surface area (Å²) in [6, 6.07) is 0. The largest absolute Gasteiger partial charge is 0.393 e. The summed E-state index contributed by atoms with van der Waals surface area (Å²) in [7, 11) is 0. The summed E-state index contributed by atoms with van der Waals surface area (Å²) in [6.45, 7) is 7.00. The maximum absolute atomic E-state index is 10.0. The molecule has 0 saturated heterocycles. The molecule has 2 nitrogen and oxygen atoms in total. The first-order valence-corrected chi connectivity index (χ1v) is 17.7. The SMILES string of the molecule is CCCCCCCCCCCCCCCCCNCCCCCCCCCCC[C@H](O)CCCCCC. The Morgan fingerprint density at radius 1 is 0.351 bits per heavy atom. The van der Waals surface area contributed by atoms with E-state index in [0.717, 1.165) is 12.8 Å². The molecule has 0 bridgehead atoms. The number of aliphatic hydroxyl groups is 1. The standard InChI is InChI=1S/C35H73NO/c1-3-5-7-9-10-11-12-13-14-15-16-19-22-25-29-33-36-34-30-26-23-20-17-18-21-24-28-32-35(37)31-27-8-6-4-2/h35-37H,3-34H2,1-2H3/t35-/m1/s1. The van der Waals surface area contributed by atoms with Gasteiger partial charge in [0.15, 0.2) is 0 Å². The lowest BCUT2D eigenvalue weighted by Gasteiger charge is -2.10. The molecule has 224 valence electrons. The number of aliphatic hydroxyl groups excluding tert-OH is 1. The lowest BCUT2D eigenvalue weighted by atomic mass is 10.0. The molecule has 2 N–H and O–H groups in total. The topological polar surface area (TPSA) is 32.3 Å². The fourth-order valence-electron chi connectivity index (χ4n) is 5.56. The van der Waals surface area contributed by atoms with E-state index in [1.807, 2.05) is 0 Å². The maximum Gasteiger partial charge on any atom is 0.0540 e. The van der Waals surface area contributed by atoms with E-state index in [4.69, 9.17) is 0 Å². The van der Waals surface area contributed by atoms with Gasteiger partial charge in [-0.1, -0.05) is 181 Å². The molecule has 0 amide bonds. The molecule has 0 rings (SSSR count). The Kier molecular flexibility index (Phi) is 33.9. The zero-order valence-corrected chi connectivity index (χ0v) is 26.2. The van der Waals surface area contributed by atoms with Crippen LogP contribution in [0.5, 0.6) is 0 Å². The summed E-state index contributed by atoms with van der Waals surface area (Å²) < 4.78 is 0. The summed E-state index contributed by atoms with van der Waals surface area (Å²) in [6.07, 6.45) is 41.1. The van der Waals surface area contributed by atoms with E-state index in [1.165, 1.54) is 193 Å². The van der Waals surface area contributed by atoms with E-state index in [2.05, 4.69) is 19.2 Å². The fourth-order valence-corrected chi connectivity index (χ4v) is 5.56. The number of unbranched alkanes of at least 4 members (excludes halogenated alkanes) is 25. The van der Waals surface area contributed by atoms with Gasteiger partial charge < -0.3 is 10.4 Å². The molecule has 2 heteroatoms. The molecule has 0 aliphatic heterocycles. The highest BCUT2D eigenvalue weighted by atomic mass is 16.3. The molecular formula is C35H73NO. The zero-order chi connectivity index (χ0) is 26.9. The minimum atomic E-state index is -0.0373. The third kappa shape index (κ3) is 33.9. The average molecular weight is 524 g/mol. The van der Waals surface area contributed by atoms with Crippen molar-refractivity contribution in [3.05, 3.63) is 0 Å². The van der Waals surface area contributed by atoms with Crippen molar-refractivity contribution >= 4 is 0 Å². The molecular weight excluding hydrogens is 450 g/mol. The van der Waals surface area contributed by atoms with Gasteiger partial charge in [-0.2, -0.15) is 0 Å². The van der Waals surface area contributed by atoms with Crippen LogP contribution in [0.1, 0.15) is 206 Å². The van der Waals surface area contributed by atoms with Crippen LogP contribution in [-0.2, 0) is 0 Å². The molecule has 0 heterocycles. The quantitative estimate of drug-likeness (QED) is 0.0838.